The quantitative estimate of drug-likeness (QED) is 0.187. The van der Waals surface area contributed by atoms with Gasteiger partial charge in [-0.25, -0.2) is 4.68 Å². The van der Waals surface area contributed by atoms with Gasteiger partial charge in [0.25, 0.3) is 11.2 Å². The van der Waals surface area contributed by atoms with Crippen LogP contribution in [0.5, 0.6) is 0 Å². The lowest BCUT2D eigenvalue weighted by Gasteiger charge is -2.07. The smallest absolute Gasteiger partial charge is 0.295 e. The third-order valence-electron chi connectivity index (χ3n) is 5.14. The largest absolute Gasteiger partial charge is 0.455 e. The Morgan fingerprint density at radius 1 is 1.12 bits per heavy atom. The fourth-order valence-corrected chi connectivity index (χ4v) is 3.49. The first-order chi connectivity index (χ1) is 16.3. The number of anilines is 1. The summed E-state index contributed by atoms with van der Waals surface area (Å²) >= 11 is 5.28. The SMILES string of the molecule is Cc1c(NC(=S)N/N=C/c2ccc(-c3ccc([N+](=O)[O-])cc3)o2)c(=O)n(-c2ccccc2)n1C. The molecule has 2 aromatic carbocycles. The summed E-state index contributed by atoms with van der Waals surface area (Å²) in [4.78, 5) is 23.3. The Labute approximate surface area is 199 Å². The summed E-state index contributed by atoms with van der Waals surface area (Å²) in [6.07, 6.45) is 1.43. The number of hydrogen-bond donors (Lipinski definition) is 2. The summed E-state index contributed by atoms with van der Waals surface area (Å²) in [7, 11) is 1.79. The van der Waals surface area contributed by atoms with Gasteiger partial charge in [0.1, 0.15) is 17.2 Å². The van der Waals surface area contributed by atoms with Gasteiger partial charge in [-0.1, -0.05) is 18.2 Å². The maximum atomic E-state index is 12.9. The van der Waals surface area contributed by atoms with E-state index in [-0.39, 0.29) is 16.4 Å². The number of thiocarbonyl (C=S) groups is 1. The normalized spacial score (nSPS) is 11.0. The summed E-state index contributed by atoms with van der Waals surface area (Å²) in [6.45, 7) is 1.82. The molecule has 4 rings (SSSR count). The molecule has 4 aromatic rings. The number of nitrogens with one attached hydrogen (secondary N) is 2. The van der Waals surface area contributed by atoms with Crippen LogP contribution < -0.4 is 16.3 Å². The zero-order valence-electron chi connectivity index (χ0n) is 18.3. The lowest BCUT2D eigenvalue weighted by atomic mass is 10.1. The molecule has 0 saturated carbocycles. The second-order valence-electron chi connectivity index (χ2n) is 7.27. The van der Waals surface area contributed by atoms with E-state index in [1.807, 2.05) is 37.3 Å². The fraction of sp³-hybridized carbons (Fsp3) is 0.0870. The Bertz CT molecular complexity index is 1430. The van der Waals surface area contributed by atoms with E-state index in [0.29, 0.717) is 28.5 Å². The number of nitrogens with zero attached hydrogens (tertiary/aromatic N) is 4. The van der Waals surface area contributed by atoms with Crippen LogP contribution in [0, 0.1) is 17.0 Å². The number of non-ortho nitro benzene ring substituents is 1. The van der Waals surface area contributed by atoms with E-state index in [1.54, 1.807) is 40.7 Å². The number of furan rings is 1. The van der Waals surface area contributed by atoms with E-state index in [4.69, 9.17) is 16.6 Å². The minimum Gasteiger partial charge on any atom is -0.455 e. The molecule has 0 saturated heterocycles. The van der Waals surface area contributed by atoms with Gasteiger partial charge in [0, 0.05) is 24.7 Å². The van der Waals surface area contributed by atoms with Crippen molar-refractivity contribution in [3.63, 3.8) is 0 Å². The zero-order chi connectivity index (χ0) is 24.2. The van der Waals surface area contributed by atoms with Crippen LogP contribution in [0.2, 0.25) is 0 Å². The maximum Gasteiger partial charge on any atom is 0.295 e. The molecule has 0 atom stereocenters. The first-order valence-electron chi connectivity index (χ1n) is 10.1. The molecule has 0 amide bonds. The van der Waals surface area contributed by atoms with Crippen molar-refractivity contribution in [3.8, 4) is 17.0 Å². The zero-order valence-corrected chi connectivity index (χ0v) is 19.1. The number of hydrazone groups is 1. The van der Waals surface area contributed by atoms with Crippen molar-refractivity contribution in [1.82, 2.24) is 14.8 Å². The van der Waals surface area contributed by atoms with Crippen LogP contribution in [0.25, 0.3) is 17.0 Å². The minimum absolute atomic E-state index is 0.00600. The molecule has 10 nitrogen and oxygen atoms in total. The molecular weight excluding hydrogens is 456 g/mol. The highest BCUT2D eigenvalue weighted by molar-refractivity contribution is 7.80. The summed E-state index contributed by atoms with van der Waals surface area (Å²) < 4.78 is 8.99. The van der Waals surface area contributed by atoms with E-state index in [9.17, 15) is 14.9 Å². The first-order valence-corrected chi connectivity index (χ1v) is 10.5. The van der Waals surface area contributed by atoms with E-state index in [1.165, 1.54) is 18.3 Å². The molecule has 0 fully saturated rings. The molecule has 2 N–H and O–H groups in total. The number of benzene rings is 2. The van der Waals surface area contributed by atoms with Crippen LogP contribution in [0.4, 0.5) is 11.4 Å². The Balaban J connectivity index is 1.42. The lowest BCUT2D eigenvalue weighted by molar-refractivity contribution is -0.384. The number of nitro benzene ring substituents is 1. The van der Waals surface area contributed by atoms with Crippen LogP contribution >= 0.6 is 12.2 Å². The molecule has 172 valence electrons. The van der Waals surface area contributed by atoms with Crippen LogP contribution in [0.15, 0.2) is 81.0 Å². The van der Waals surface area contributed by atoms with Crippen LogP contribution in [0.1, 0.15) is 11.5 Å². The molecule has 0 aliphatic carbocycles. The van der Waals surface area contributed by atoms with E-state index in [0.717, 1.165) is 5.69 Å². The van der Waals surface area contributed by atoms with Crippen molar-refractivity contribution in [3.05, 3.63) is 98.7 Å². The fourth-order valence-electron chi connectivity index (χ4n) is 3.33. The van der Waals surface area contributed by atoms with Crippen LogP contribution in [-0.2, 0) is 7.05 Å². The number of nitro groups is 1. The topological polar surface area (TPSA) is 120 Å². The van der Waals surface area contributed by atoms with Gasteiger partial charge >= 0.3 is 0 Å². The highest BCUT2D eigenvalue weighted by atomic mass is 32.1. The standard InChI is InChI=1S/C23H20N6O4S/c1-15-21(22(30)28(27(15)2)17-6-4-3-5-7-17)25-23(34)26-24-14-19-12-13-20(33-19)16-8-10-18(11-9-16)29(31)32/h3-14H,1-2H3,(H2,25,26,34)/b24-14+. The van der Waals surface area contributed by atoms with E-state index < -0.39 is 4.92 Å². The van der Waals surface area contributed by atoms with Crippen molar-refractivity contribution in [1.29, 1.82) is 0 Å². The summed E-state index contributed by atoms with van der Waals surface area (Å²) in [5.74, 6) is 0.990. The van der Waals surface area contributed by atoms with Gasteiger partial charge in [0.2, 0.25) is 0 Å². The highest BCUT2D eigenvalue weighted by Crippen LogP contribution is 2.24. The number of aromatic nitrogens is 2. The molecule has 11 heteroatoms. The number of para-hydroxylation sites is 1. The molecule has 0 aliphatic heterocycles. The second kappa shape index (κ2) is 9.55. The molecule has 34 heavy (non-hydrogen) atoms. The van der Waals surface area contributed by atoms with Gasteiger partial charge in [-0.3, -0.25) is 25.0 Å². The monoisotopic (exact) mass is 476 g/mol. The average molecular weight is 477 g/mol. The van der Waals surface area contributed by atoms with Crippen molar-refractivity contribution < 1.29 is 9.34 Å². The van der Waals surface area contributed by atoms with Gasteiger partial charge in [-0.2, -0.15) is 5.10 Å². The highest BCUT2D eigenvalue weighted by Gasteiger charge is 2.16. The summed E-state index contributed by atoms with van der Waals surface area (Å²) in [6, 6.07) is 18.8. The molecule has 0 spiro atoms. The Hall–Kier alpha value is -4.51. The predicted molar refractivity (Wildman–Crippen MR) is 133 cm³/mol. The van der Waals surface area contributed by atoms with Gasteiger partial charge in [0.15, 0.2) is 5.11 Å². The van der Waals surface area contributed by atoms with E-state index in [2.05, 4.69) is 15.8 Å². The number of rotatable bonds is 6. The van der Waals surface area contributed by atoms with Crippen LogP contribution in [0.3, 0.4) is 0 Å². The average Bonchev–Trinajstić information content (AvgIpc) is 3.39. The van der Waals surface area contributed by atoms with Crippen molar-refractivity contribution in [2.75, 3.05) is 5.32 Å². The summed E-state index contributed by atoms with van der Waals surface area (Å²) in [5, 5.41) is 17.9. The van der Waals surface area contributed by atoms with Gasteiger partial charge < -0.3 is 9.73 Å². The molecule has 2 aromatic heterocycles. The van der Waals surface area contributed by atoms with Crippen molar-refractivity contribution in [2.45, 2.75) is 6.92 Å². The lowest BCUT2D eigenvalue weighted by Crippen LogP contribution is -2.28. The molecular formula is C23H20N6O4S. The van der Waals surface area contributed by atoms with E-state index >= 15 is 0 Å². The Morgan fingerprint density at radius 3 is 2.50 bits per heavy atom. The first kappa shape index (κ1) is 22.7. The van der Waals surface area contributed by atoms with Gasteiger partial charge in [-0.15, -0.1) is 0 Å². The van der Waals surface area contributed by atoms with Crippen molar-refractivity contribution >= 4 is 34.9 Å². The minimum atomic E-state index is -0.458. The third kappa shape index (κ3) is 4.64. The molecule has 2 heterocycles. The van der Waals surface area contributed by atoms with Crippen LogP contribution in [-0.4, -0.2) is 25.6 Å². The third-order valence-corrected chi connectivity index (χ3v) is 5.33. The number of hydrogen-bond acceptors (Lipinski definition) is 6. The molecule has 0 radical (unpaired) electrons. The molecule has 0 bridgehead atoms. The predicted octanol–water partition coefficient (Wildman–Crippen LogP) is 3.97. The maximum absolute atomic E-state index is 12.9. The second-order valence-corrected chi connectivity index (χ2v) is 7.67. The Morgan fingerprint density at radius 2 is 1.82 bits per heavy atom. The Kier molecular flexibility index (Phi) is 6.37. The van der Waals surface area contributed by atoms with Crippen molar-refractivity contribution in [2.24, 2.45) is 12.1 Å². The van der Waals surface area contributed by atoms with Gasteiger partial charge in [0.05, 0.1) is 22.5 Å². The molecule has 0 aliphatic rings. The summed E-state index contributed by atoms with van der Waals surface area (Å²) in [5.41, 5.74) is 4.93. The van der Waals surface area contributed by atoms with Gasteiger partial charge in [-0.05, 0) is 55.5 Å². The molecule has 0 unspecified atom stereocenters.